The first kappa shape index (κ1) is 27.9. The van der Waals surface area contributed by atoms with E-state index in [0.29, 0.717) is 60.6 Å². The monoisotopic (exact) mass is 541 g/mol. The summed E-state index contributed by atoms with van der Waals surface area (Å²) in [5, 5.41) is 15.2. The fourth-order valence-electron chi connectivity index (χ4n) is 4.45. The van der Waals surface area contributed by atoms with Gasteiger partial charge in [0.2, 0.25) is 5.71 Å². The number of hydrogen-bond acceptors (Lipinski definition) is 7. The third-order valence-corrected chi connectivity index (χ3v) is 7.36. The summed E-state index contributed by atoms with van der Waals surface area (Å²) in [6, 6.07) is 9.65. The Bertz CT molecular complexity index is 1320. The lowest BCUT2D eigenvalue weighted by Crippen LogP contribution is -2.30. The Morgan fingerprint density at radius 2 is 1.92 bits per heavy atom. The molecule has 2 heterocycles. The van der Waals surface area contributed by atoms with Gasteiger partial charge in [-0.05, 0) is 63.2 Å². The zero-order valence-corrected chi connectivity index (χ0v) is 22.4. The summed E-state index contributed by atoms with van der Waals surface area (Å²) in [6.45, 7) is 3.52. The highest BCUT2D eigenvalue weighted by Gasteiger charge is 2.31. The molecule has 4 rings (SSSR count). The lowest BCUT2D eigenvalue weighted by Gasteiger charge is -2.25. The molecule has 1 amide bonds. The molecule has 11 heteroatoms. The third-order valence-electron chi connectivity index (χ3n) is 6.62. The molecule has 2 aromatic heterocycles. The number of rotatable bonds is 14. The number of pyridine rings is 1. The number of nitrogens with zero attached hydrogens (tertiary/aromatic N) is 2. The van der Waals surface area contributed by atoms with Crippen molar-refractivity contribution in [2.24, 2.45) is 0 Å². The predicted octanol–water partition coefficient (Wildman–Crippen LogP) is 3.48. The topological polar surface area (TPSA) is 148 Å². The molecule has 1 aliphatic rings. The van der Waals surface area contributed by atoms with Gasteiger partial charge in [-0.15, -0.1) is 0 Å². The van der Waals surface area contributed by atoms with Crippen LogP contribution in [0.25, 0.3) is 22.4 Å². The first-order valence-electron chi connectivity index (χ1n) is 12.8. The second kappa shape index (κ2) is 12.6. The smallest absolute Gasteiger partial charge is 0.303 e. The molecule has 0 spiro atoms. The summed E-state index contributed by atoms with van der Waals surface area (Å²) in [4.78, 5) is 28.3. The Balaban J connectivity index is 1.59. The van der Waals surface area contributed by atoms with Crippen LogP contribution in [0, 0.1) is 6.92 Å². The molecule has 0 saturated heterocycles. The van der Waals surface area contributed by atoms with Crippen molar-refractivity contribution in [2.75, 3.05) is 26.7 Å². The van der Waals surface area contributed by atoms with Crippen molar-refractivity contribution in [3.05, 3.63) is 52.7 Å². The van der Waals surface area contributed by atoms with Gasteiger partial charge >= 0.3 is 5.97 Å². The number of amides is 1. The van der Waals surface area contributed by atoms with Crippen molar-refractivity contribution in [1.82, 2.24) is 19.9 Å². The second-order valence-electron chi connectivity index (χ2n) is 9.58. The van der Waals surface area contributed by atoms with Gasteiger partial charge in [0.25, 0.3) is 5.91 Å². The molecule has 1 saturated carbocycles. The van der Waals surface area contributed by atoms with Gasteiger partial charge in [-0.25, -0.2) is 9.29 Å². The van der Waals surface area contributed by atoms with E-state index in [9.17, 15) is 18.4 Å². The van der Waals surface area contributed by atoms with E-state index in [1.807, 2.05) is 37.3 Å². The van der Waals surface area contributed by atoms with Crippen molar-refractivity contribution in [2.45, 2.75) is 51.5 Å². The van der Waals surface area contributed by atoms with Crippen molar-refractivity contribution in [1.29, 1.82) is 0 Å². The van der Waals surface area contributed by atoms with E-state index in [2.05, 4.69) is 10.6 Å². The Labute approximate surface area is 224 Å². The van der Waals surface area contributed by atoms with E-state index in [1.54, 1.807) is 7.05 Å². The first-order chi connectivity index (χ1) is 18.3. The molecule has 1 aliphatic carbocycles. The van der Waals surface area contributed by atoms with Crippen LogP contribution in [0.15, 0.2) is 34.7 Å². The van der Waals surface area contributed by atoms with Crippen LogP contribution in [0.4, 0.5) is 0 Å². The van der Waals surface area contributed by atoms with Gasteiger partial charge in [0.1, 0.15) is 5.76 Å². The quantitative estimate of drug-likeness (QED) is 0.208. The van der Waals surface area contributed by atoms with E-state index >= 15 is 0 Å². The van der Waals surface area contributed by atoms with Crippen LogP contribution < -0.4 is 10.6 Å². The zero-order valence-electron chi connectivity index (χ0n) is 21.6. The number of aryl methyl sites for hydroxylation is 1. The average molecular weight is 542 g/mol. The standard InChI is InChI=1S/C27H34N4O6S/c1-17-6-8-19(9-7-17)25-24(26(34)28-2)21-15-20(18-10-11-18)22(30-27(21)37-25)16-31(38(35)36)14-4-13-29-12-3-5-23(32)33/h6-9,15,18,29H,3-5,10-14,16H2,1-2H3,(H,28,34)(H,32,33)(H,35,36)/p-1. The van der Waals surface area contributed by atoms with Crippen molar-refractivity contribution in [3.63, 3.8) is 0 Å². The fraction of sp³-hybridized carbons (Fsp3) is 0.444. The Morgan fingerprint density at radius 3 is 2.55 bits per heavy atom. The number of aromatic nitrogens is 1. The van der Waals surface area contributed by atoms with Crippen LogP contribution in [0.3, 0.4) is 0 Å². The number of furan rings is 1. The largest absolute Gasteiger partial charge is 0.760 e. The van der Waals surface area contributed by atoms with E-state index in [-0.39, 0.29) is 24.8 Å². The maximum Gasteiger partial charge on any atom is 0.303 e. The minimum atomic E-state index is -2.45. The van der Waals surface area contributed by atoms with Crippen LogP contribution in [-0.2, 0) is 22.6 Å². The number of carboxylic acids is 1. The molecule has 0 radical (unpaired) electrons. The number of hydrogen-bond donors (Lipinski definition) is 3. The number of aliphatic carboxylic acids is 1. The fourth-order valence-corrected chi connectivity index (χ4v) is 4.96. The van der Waals surface area contributed by atoms with Crippen molar-refractivity contribution >= 4 is 34.2 Å². The van der Waals surface area contributed by atoms with Gasteiger partial charge in [0.05, 0.1) is 23.2 Å². The zero-order chi connectivity index (χ0) is 27.2. The van der Waals surface area contributed by atoms with Gasteiger partial charge in [-0.2, -0.15) is 0 Å². The van der Waals surface area contributed by atoms with E-state index in [1.165, 1.54) is 4.31 Å². The number of benzene rings is 1. The number of carbonyl (C=O) groups is 2. The van der Waals surface area contributed by atoms with Gasteiger partial charge < -0.3 is 24.7 Å². The highest BCUT2D eigenvalue weighted by atomic mass is 32.2. The molecule has 1 aromatic carbocycles. The lowest BCUT2D eigenvalue weighted by molar-refractivity contribution is -0.137. The summed E-state index contributed by atoms with van der Waals surface area (Å²) in [5.41, 5.74) is 4.15. The Morgan fingerprint density at radius 1 is 1.21 bits per heavy atom. The summed E-state index contributed by atoms with van der Waals surface area (Å²) in [5.74, 6) is -0.395. The van der Waals surface area contributed by atoms with Crippen LogP contribution >= 0.6 is 0 Å². The van der Waals surface area contributed by atoms with Gasteiger partial charge in [-0.1, -0.05) is 29.8 Å². The molecule has 38 heavy (non-hydrogen) atoms. The Kier molecular flexibility index (Phi) is 9.26. The molecule has 1 fully saturated rings. The van der Waals surface area contributed by atoms with Gasteiger partial charge in [-0.3, -0.25) is 13.8 Å². The number of nitrogens with one attached hydrogen (secondary N) is 2. The van der Waals surface area contributed by atoms with Crippen LogP contribution in [0.2, 0.25) is 0 Å². The predicted molar refractivity (Wildman–Crippen MR) is 143 cm³/mol. The van der Waals surface area contributed by atoms with Crippen LogP contribution in [-0.4, -0.2) is 61.7 Å². The molecule has 10 nitrogen and oxygen atoms in total. The summed E-state index contributed by atoms with van der Waals surface area (Å²) in [6.07, 6.45) is 3.16. The molecule has 204 valence electrons. The Hall–Kier alpha value is -3.12. The van der Waals surface area contributed by atoms with Crippen molar-refractivity contribution < 1.29 is 27.9 Å². The van der Waals surface area contributed by atoms with Gasteiger partial charge in [0.15, 0.2) is 0 Å². The minimum Gasteiger partial charge on any atom is -0.760 e. The normalized spacial score (nSPS) is 14.2. The highest BCUT2D eigenvalue weighted by molar-refractivity contribution is 7.76. The van der Waals surface area contributed by atoms with Crippen LogP contribution in [0.5, 0.6) is 0 Å². The van der Waals surface area contributed by atoms with E-state index < -0.39 is 17.2 Å². The molecule has 0 bridgehead atoms. The second-order valence-corrected chi connectivity index (χ2v) is 10.5. The van der Waals surface area contributed by atoms with Crippen molar-refractivity contribution in [3.8, 4) is 11.3 Å². The van der Waals surface area contributed by atoms with E-state index in [4.69, 9.17) is 14.5 Å². The highest BCUT2D eigenvalue weighted by Crippen LogP contribution is 2.44. The molecule has 0 aliphatic heterocycles. The molecule has 1 atom stereocenters. The maximum absolute atomic E-state index is 12.9. The molecule has 3 aromatic rings. The maximum atomic E-state index is 12.9. The lowest BCUT2D eigenvalue weighted by atomic mass is 10.0. The van der Waals surface area contributed by atoms with E-state index in [0.717, 1.165) is 29.5 Å². The SMILES string of the molecule is CNC(=O)c1c(-c2ccc(C)cc2)oc2nc(CN(CCCNCCCC(=O)O)S(=O)[O-])c(C3CC3)cc12. The number of carboxylic acid groups (broad SMARTS) is 1. The average Bonchev–Trinajstić information content (AvgIpc) is 3.67. The molecular formula is C27H33N4O6S-. The minimum absolute atomic E-state index is 0.0990. The first-order valence-corrected chi connectivity index (χ1v) is 13.8. The van der Waals surface area contributed by atoms with Crippen LogP contribution in [0.1, 0.15) is 65.2 Å². The van der Waals surface area contributed by atoms with Gasteiger partial charge in [0, 0.05) is 36.8 Å². The molecule has 3 N–H and O–H groups in total. The summed E-state index contributed by atoms with van der Waals surface area (Å²) < 4.78 is 31.6. The third kappa shape index (κ3) is 6.84. The number of fused-ring (bicyclic) bond motifs is 1. The summed E-state index contributed by atoms with van der Waals surface area (Å²) >= 11 is -2.45. The molecular weight excluding hydrogens is 508 g/mol. The number of carbonyl (C=O) groups excluding carboxylic acids is 1. The molecule has 1 unspecified atom stereocenters. The summed E-state index contributed by atoms with van der Waals surface area (Å²) in [7, 11) is 1.58.